The highest BCUT2D eigenvalue weighted by Crippen LogP contribution is 2.25. The number of amides is 2. The lowest BCUT2D eigenvalue weighted by Gasteiger charge is -2.33. The molecular weight excluding hydrogens is 450 g/mol. The molecule has 2 rings (SSSR count). The summed E-state index contributed by atoms with van der Waals surface area (Å²) in [5.41, 5.74) is 4.02. The predicted molar refractivity (Wildman–Crippen MR) is 137 cm³/mol. The van der Waals surface area contributed by atoms with Crippen LogP contribution in [-0.2, 0) is 26.2 Å². The molecular formula is C26H37N3O4S. The summed E-state index contributed by atoms with van der Waals surface area (Å²) in [4.78, 5) is 28.2. The van der Waals surface area contributed by atoms with Crippen LogP contribution in [0.5, 0.6) is 0 Å². The van der Waals surface area contributed by atoms with Crippen LogP contribution < -0.4 is 9.62 Å². The third-order valence-electron chi connectivity index (χ3n) is 5.56. The van der Waals surface area contributed by atoms with Crippen molar-refractivity contribution in [3.05, 3.63) is 64.7 Å². The molecule has 186 valence electrons. The number of aryl methyl sites for hydroxylation is 3. The fourth-order valence-electron chi connectivity index (χ4n) is 3.89. The molecule has 0 unspecified atom stereocenters. The van der Waals surface area contributed by atoms with E-state index in [4.69, 9.17) is 0 Å². The predicted octanol–water partition coefficient (Wildman–Crippen LogP) is 3.71. The van der Waals surface area contributed by atoms with Gasteiger partial charge in [-0.25, -0.2) is 8.42 Å². The van der Waals surface area contributed by atoms with Gasteiger partial charge >= 0.3 is 0 Å². The van der Waals surface area contributed by atoms with Gasteiger partial charge in [-0.05, 0) is 63.8 Å². The second-order valence-electron chi connectivity index (χ2n) is 9.16. The molecule has 0 aliphatic heterocycles. The van der Waals surface area contributed by atoms with Crippen molar-refractivity contribution in [1.82, 2.24) is 10.2 Å². The lowest BCUT2D eigenvalue weighted by Crippen LogP contribution is -2.53. The van der Waals surface area contributed by atoms with Crippen LogP contribution in [0.4, 0.5) is 5.69 Å². The first-order chi connectivity index (χ1) is 15.8. The number of nitrogens with zero attached hydrogens (tertiary/aromatic N) is 2. The molecule has 0 aromatic heterocycles. The lowest BCUT2D eigenvalue weighted by atomic mass is 10.1. The number of carbonyl (C=O) groups is 2. The topological polar surface area (TPSA) is 86.8 Å². The summed E-state index contributed by atoms with van der Waals surface area (Å²) in [6.45, 7) is 11.0. The summed E-state index contributed by atoms with van der Waals surface area (Å²) in [6, 6.07) is 12.4. The Morgan fingerprint density at radius 3 is 2.21 bits per heavy atom. The monoisotopic (exact) mass is 487 g/mol. The van der Waals surface area contributed by atoms with Crippen molar-refractivity contribution in [3.63, 3.8) is 0 Å². The minimum atomic E-state index is -3.75. The Labute approximate surface area is 204 Å². The summed E-state index contributed by atoms with van der Waals surface area (Å²) in [5.74, 6) is -0.685. The van der Waals surface area contributed by atoms with Gasteiger partial charge in [-0.3, -0.25) is 13.9 Å². The largest absolute Gasteiger partial charge is 0.352 e. The summed E-state index contributed by atoms with van der Waals surface area (Å²) >= 11 is 0. The third kappa shape index (κ3) is 7.32. The summed E-state index contributed by atoms with van der Waals surface area (Å²) in [5, 5.41) is 2.89. The van der Waals surface area contributed by atoms with Crippen LogP contribution in [0, 0.1) is 20.8 Å². The molecule has 2 aromatic rings. The van der Waals surface area contributed by atoms with Gasteiger partial charge in [0.05, 0.1) is 11.9 Å². The van der Waals surface area contributed by atoms with Crippen molar-refractivity contribution < 1.29 is 18.0 Å². The minimum absolute atomic E-state index is 0.0834. The Bertz CT molecular complexity index is 1130. The van der Waals surface area contributed by atoms with Gasteiger partial charge in [0.25, 0.3) is 0 Å². The van der Waals surface area contributed by atoms with E-state index < -0.39 is 22.0 Å². The fraction of sp³-hybridized carbons (Fsp3) is 0.462. The smallest absolute Gasteiger partial charge is 0.244 e. The van der Waals surface area contributed by atoms with Crippen LogP contribution in [0.2, 0.25) is 0 Å². The highest BCUT2D eigenvalue weighted by Gasteiger charge is 2.32. The zero-order valence-electron chi connectivity index (χ0n) is 21.3. The molecule has 0 bridgehead atoms. The number of rotatable bonds is 10. The van der Waals surface area contributed by atoms with Crippen molar-refractivity contribution in [3.8, 4) is 0 Å². The van der Waals surface area contributed by atoms with E-state index in [2.05, 4.69) is 5.32 Å². The highest BCUT2D eigenvalue weighted by atomic mass is 32.2. The molecule has 34 heavy (non-hydrogen) atoms. The number of benzene rings is 2. The first-order valence-electron chi connectivity index (χ1n) is 11.5. The summed E-state index contributed by atoms with van der Waals surface area (Å²) in [6.07, 6.45) is 1.49. The summed E-state index contributed by atoms with van der Waals surface area (Å²) in [7, 11) is -3.75. The Morgan fingerprint density at radius 1 is 1.00 bits per heavy atom. The van der Waals surface area contributed by atoms with Gasteiger partial charge in [0, 0.05) is 12.6 Å². The standard InChI is InChI=1S/C26H37N3O4S/c1-8-23(26(31)27-18(2)3)28(16-22-11-9-10-19(4)14-22)25(30)17-29(34(7,32)33)24-15-20(5)12-13-21(24)6/h9-15,18,23H,8,16-17H2,1-7H3,(H,27,31)/t23-/m0/s1. The summed E-state index contributed by atoms with van der Waals surface area (Å²) < 4.78 is 26.6. The highest BCUT2D eigenvalue weighted by molar-refractivity contribution is 7.92. The number of carbonyl (C=O) groups excluding carboxylic acids is 2. The third-order valence-corrected chi connectivity index (χ3v) is 6.69. The quantitative estimate of drug-likeness (QED) is 0.554. The van der Waals surface area contributed by atoms with Crippen LogP contribution in [0.3, 0.4) is 0 Å². The normalized spacial score (nSPS) is 12.4. The van der Waals surface area contributed by atoms with Crippen molar-refractivity contribution >= 4 is 27.5 Å². The second kappa shape index (κ2) is 11.5. The maximum Gasteiger partial charge on any atom is 0.244 e. The number of nitrogens with one attached hydrogen (secondary N) is 1. The zero-order valence-corrected chi connectivity index (χ0v) is 22.1. The minimum Gasteiger partial charge on any atom is -0.352 e. The molecule has 0 saturated heterocycles. The van der Waals surface area contributed by atoms with E-state index in [0.29, 0.717) is 12.1 Å². The second-order valence-corrected chi connectivity index (χ2v) is 11.1. The van der Waals surface area contributed by atoms with E-state index in [1.54, 1.807) is 6.07 Å². The molecule has 0 aliphatic carbocycles. The fourth-order valence-corrected chi connectivity index (χ4v) is 4.79. The van der Waals surface area contributed by atoms with E-state index in [1.807, 2.05) is 77.9 Å². The molecule has 8 heteroatoms. The van der Waals surface area contributed by atoms with E-state index >= 15 is 0 Å². The van der Waals surface area contributed by atoms with E-state index in [0.717, 1.165) is 32.8 Å². The Balaban J connectivity index is 2.49. The molecule has 0 aliphatic rings. The Hall–Kier alpha value is -2.87. The lowest BCUT2D eigenvalue weighted by molar-refractivity contribution is -0.140. The van der Waals surface area contributed by atoms with Crippen LogP contribution in [0.25, 0.3) is 0 Å². The van der Waals surface area contributed by atoms with Gasteiger partial charge in [0.1, 0.15) is 12.6 Å². The van der Waals surface area contributed by atoms with E-state index in [-0.39, 0.29) is 25.0 Å². The van der Waals surface area contributed by atoms with Crippen molar-refractivity contribution in [2.45, 2.75) is 66.6 Å². The molecule has 0 heterocycles. The van der Waals surface area contributed by atoms with Gasteiger partial charge in [-0.15, -0.1) is 0 Å². The maximum absolute atomic E-state index is 13.7. The van der Waals surface area contributed by atoms with Gasteiger partial charge in [-0.1, -0.05) is 48.9 Å². The van der Waals surface area contributed by atoms with Crippen molar-refractivity contribution in [2.75, 3.05) is 17.1 Å². The van der Waals surface area contributed by atoms with Gasteiger partial charge < -0.3 is 10.2 Å². The molecule has 0 radical (unpaired) electrons. The molecule has 2 aromatic carbocycles. The Kier molecular flexibility index (Phi) is 9.27. The SMILES string of the molecule is CC[C@@H](C(=O)NC(C)C)N(Cc1cccc(C)c1)C(=O)CN(c1cc(C)ccc1C)S(C)(=O)=O. The van der Waals surface area contributed by atoms with Crippen LogP contribution in [0.1, 0.15) is 49.4 Å². The van der Waals surface area contributed by atoms with Crippen molar-refractivity contribution in [1.29, 1.82) is 0 Å². The number of anilines is 1. The zero-order chi connectivity index (χ0) is 25.6. The van der Waals surface area contributed by atoms with E-state index in [9.17, 15) is 18.0 Å². The van der Waals surface area contributed by atoms with Gasteiger partial charge in [-0.2, -0.15) is 0 Å². The van der Waals surface area contributed by atoms with E-state index in [1.165, 1.54) is 4.90 Å². The molecule has 2 amide bonds. The van der Waals surface area contributed by atoms with Crippen LogP contribution >= 0.6 is 0 Å². The first kappa shape index (κ1) is 27.4. The molecule has 7 nitrogen and oxygen atoms in total. The number of hydrogen-bond acceptors (Lipinski definition) is 4. The Morgan fingerprint density at radius 2 is 1.65 bits per heavy atom. The first-order valence-corrected chi connectivity index (χ1v) is 13.4. The average Bonchev–Trinajstić information content (AvgIpc) is 2.72. The van der Waals surface area contributed by atoms with Gasteiger partial charge in [0.2, 0.25) is 21.8 Å². The van der Waals surface area contributed by atoms with Crippen LogP contribution in [-0.4, -0.2) is 50.0 Å². The maximum atomic E-state index is 13.7. The molecule has 1 N–H and O–H groups in total. The van der Waals surface area contributed by atoms with Gasteiger partial charge in [0.15, 0.2) is 0 Å². The molecule has 0 spiro atoms. The molecule has 1 atom stereocenters. The molecule has 0 saturated carbocycles. The van der Waals surface area contributed by atoms with Crippen molar-refractivity contribution in [2.24, 2.45) is 0 Å². The molecule has 0 fully saturated rings. The average molecular weight is 488 g/mol. The van der Waals surface area contributed by atoms with Crippen LogP contribution in [0.15, 0.2) is 42.5 Å². The number of sulfonamides is 1. The number of hydrogen-bond donors (Lipinski definition) is 1.